The lowest BCUT2D eigenvalue weighted by Gasteiger charge is -2.37. The Hall–Kier alpha value is -0.440. The molecule has 3 nitrogen and oxygen atoms in total. The molecule has 0 aliphatic carbocycles. The van der Waals surface area contributed by atoms with Crippen LogP contribution in [-0.4, -0.2) is 36.0 Å². The molecule has 0 radical (unpaired) electrons. The summed E-state index contributed by atoms with van der Waals surface area (Å²) in [5.41, 5.74) is 0.162. The van der Waals surface area contributed by atoms with Crippen LogP contribution < -0.4 is 5.32 Å². The molecule has 0 spiro atoms. The summed E-state index contributed by atoms with van der Waals surface area (Å²) < 4.78 is 0. The number of aliphatic imine (C=N–C) groups is 1. The van der Waals surface area contributed by atoms with Crippen LogP contribution in [0.15, 0.2) is 4.99 Å². The van der Waals surface area contributed by atoms with E-state index in [2.05, 4.69) is 15.2 Å². The maximum Gasteiger partial charge on any atom is 0.195 e. The van der Waals surface area contributed by atoms with Crippen molar-refractivity contribution in [2.75, 3.05) is 19.6 Å². The second-order valence-corrected chi connectivity index (χ2v) is 3.41. The van der Waals surface area contributed by atoms with Gasteiger partial charge >= 0.3 is 0 Å². The van der Waals surface area contributed by atoms with Crippen LogP contribution in [0.25, 0.3) is 0 Å². The van der Waals surface area contributed by atoms with E-state index in [9.17, 15) is 0 Å². The third kappa shape index (κ3) is 1.29. The molecule has 0 aromatic carbocycles. The van der Waals surface area contributed by atoms with E-state index in [1.807, 2.05) is 0 Å². The summed E-state index contributed by atoms with van der Waals surface area (Å²) >= 11 is 6.10. The molecule has 1 atom stereocenters. The molecule has 62 valence electrons. The lowest BCUT2D eigenvalue weighted by atomic mass is 10.2. The lowest BCUT2D eigenvalue weighted by Crippen LogP contribution is -2.53. The van der Waals surface area contributed by atoms with Crippen LogP contribution in [0, 0.1) is 0 Å². The van der Waals surface area contributed by atoms with Crippen LogP contribution in [0.2, 0.25) is 0 Å². The molecule has 0 amide bonds. The molecule has 0 aromatic heterocycles. The number of hydrogen-bond acceptors (Lipinski definition) is 3. The molecular weight excluding hydrogens is 162 g/mol. The van der Waals surface area contributed by atoms with Crippen LogP contribution >= 0.6 is 11.6 Å². The van der Waals surface area contributed by atoms with Gasteiger partial charge in [-0.1, -0.05) is 11.6 Å². The van der Waals surface area contributed by atoms with Crippen LogP contribution in [-0.2, 0) is 0 Å². The molecule has 2 rings (SSSR count). The van der Waals surface area contributed by atoms with Crippen molar-refractivity contribution >= 4 is 17.6 Å². The zero-order valence-corrected chi connectivity index (χ0v) is 7.14. The number of rotatable bonds is 0. The molecule has 2 aliphatic rings. The fourth-order valence-electron chi connectivity index (χ4n) is 1.51. The fourth-order valence-corrected chi connectivity index (χ4v) is 1.81. The predicted molar refractivity (Wildman–Crippen MR) is 45.9 cm³/mol. The second kappa shape index (κ2) is 2.89. The van der Waals surface area contributed by atoms with E-state index in [0.717, 1.165) is 38.4 Å². The first-order chi connectivity index (χ1) is 5.38. The van der Waals surface area contributed by atoms with E-state index in [4.69, 9.17) is 11.6 Å². The molecule has 2 heterocycles. The van der Waals surface area contributed by atoms with E-state index >= 15 is 0 Å². The van der Waals surface area contributed by atoms with Crippen molar-refractivity contribution in [3.8, 4) is 0 Å². The minimum Gasteiger partial charge on any atom is -0.356 e. The smallest absolute Gasteiger partial charge is 0.195 e. The molecule has 1 saturated heterocycles. The molecule has 1 unspecified atom stereocenters. The van der Waals surface area contributed by atoms with Crippen molar-refractivity contribution < 1.29 is 0 Å². The van der Waals surface area contributed by atoms with E-state index in [-0.39, 0.29) is 5.50 Å². The van der Waals surface area contributed by atoms with Crippen molar-refractivity contribution in [2.24, 2.45) is 4.99 Å². The normalized spacial score (nSPS) is 30.5. The van der Waals surface area contributed by atoms with Crippen LogP contribution in [0.3, 0.4) is 0 Å². The number of nitrogens with zero attached hydrogens (tertiary/aromatic N) is 2. The van der Waals surface area contributed by atoms with Gasteiger partial charge in [0.1, 0.15) is 5.50 Å². The minimum atomic E-state index is 0.162. The first kappa shape index (κ1) is 7.22. The predicted octanol–water partition coefficient (Wildman–Crippen LogP) is 0.606. The Labute approximate surface area is 71.4 Å². The van der Waals surface area contributed by atoms with E-state index in [1.165, 1.54) is 0 Å². The van der Waals surface area contributed by atoms with Gasteiger partial charge in [0.25, 0.3) is 0 Å². The highest BCUT2D eigenvalue weighted by Crippen LogP contribution is 2.16. The van der Waals surface area contributed by atoms with Gasteiger partial charge in [-0.15, -0.1) is 0 Å². The number of halogens is 1. The highest BCUT2D eigenvalue weighted by atomic mass is 35.5. The largest absolute Gasteiger partial charge is 0.356 e. The van der Waals surface area contributed by atoms with E-state index in [0.29, 0.717) is 0 Å². The van der Waals surface area contributed by atoms with Gasteiger partial charge in [0.2, 0.25) is 0 Å². The van der Waals surface area contributed by atoms with Crippen molar-refractivity contribution in [3.63, 3.8) is 0 Å². The molecule has 11 heavy (non-hydrogen) atoms. The maximum atomic E-state index is 6.10. The van der Waals surface area contributed by atoms with Gasteiger partial charge in [-0.3, -0.25) is 4.99 Å². The Bertz CT molecular complexity index is 181. The number of hydrogen-bond donors (Lipinski definition) is 1. The monoisotopic (exact) mass is 173 g/mol. The van der Waals surface area contributed by atoms with Crippen LogP contribution in [0.1, 0.15) is 12.8 Å². The quantitative estimate of drug-likeness (QED) is 0.429. The van der Waals surface area contributed by atoms with Crippen molar-refractivity contribution in [1.82, 2.24) is 10.2 Å². The number of alkyl halides is 1. The minimum absolute atomic E-state index is 0.162. The molecule has 4 heteroatoms. The summed E-state index contributed by atoms with van der Waals surface area (Å²) in [4.78, 5) is 6.50. The Morgan fingerprint density at radius 2 is 2.55 bits per heavy atom. The standard InChI is InChI=1S/C7H12ClN3/c8-6-2-4-10-7-9-3-1-5-11(6)7/h6H,1-5H2,(H,9,10). The summed E-state index contributed by atoms with van der Waals surface area (Å²) in [5, 5.41) is 3.24. The molecule has 1 fully saturated rings. The molecule has 0 saturated carbocycles. The SMILES string of the molecule is ClC1CCNC2=NCCCN21. The van der Waals surface area contributed by atoms with E-state index < -0.39 is 0 Å². The first-order valence-corrected chi connectivity index (χ1v) is 4.50. The number of nitrogens with one attached hydrogen (secondary N) is 1. The average Bonchev–Trinajstić information content (AvgIpc) is 2.06. The summed E-state index contributed by atoms with van der Waals surface area (Å²) in [6.45, 7) is 2.96. The van der Waals surface area contributed by atoms with Crippen LogP contribution in [0.4, 0.5) is 0 Å². The Kier molecular flexibility index (Phi) is 1.90. The third-order valence-corrected chi connectivity index (χ3v) is 2.55. The van der Waals surface area contributed by atoms with Gasteiger partial charge in [-0.2, -0.15) is 0 Å². The van der Waals surface area contributed by atoms with Crippen molar-refractivity contribution in [2.45, 2.75) is 18.3 Å². The summed E-state index contributed by atoms with van der Waals surface area (Å²) in [5.74, 6) is 1.00. The van der Waals surface area contributed by atoms with Crippen molar-refractivity contribution in [3.05, 3.63) is 0 Å². The summed E-state index contributed by atoms with van der Waals surface area (Å²) in [6, 6.07) is 0. The molecule has 0 bridgehead atoms. The average molecular weight is 174 g/mol. The second-order valence-electron chi connectivity index (χ2n) is 2.90. The first-order valence-electron chi connectivity index (χ1n) is 4.07. The molecule has 2 aliphatic heterocycles. The van der Waals surface area contributed by atoms with Gasteiger partial charge in [0.15, 0.2) is 5.96 Å². The van der Waals surface area contributed by atoms with Crippen molar-refractivity contribution in [1.29, 1.82) is 0 Å². The van der Waals surface area contributed by atoms with Gasteiger partial charge in [-0.05, 0) is 12.8 Å². The fraction of sp³-hybridized carbons (Fsp3) is 0.857. The Morgan fingerprint density at radius 3 is 3.36 bits per heavy atom. The van der Waals surface area contributed by atoms with Crippen LogP contribution in [0.5, 0.6) is 0 Å². The highest BCUT2D eigenvalue weighted by molar-refractivity contribution is 6.21. The highest BCUT2D eigenvalue weighted by Gasteiger charge is 2.25. The Morgan fingerprint density at radius 1 is 1.64 bits per heavy atom. The third-order valence-electron chi connectivity index (χ3n) is 2.09. The number of guanidine groups is 1. The van der Waals surface area contributed by atoms with Gasteiger partial charge in [0.05, 0.1) is 0 Å². The molecule has 1 N–H and O–H groups in total. The van der Waals surface area contributed by atoms with Gasteiger partial charge in [-0.25, -0.2) is 0 Å². The topological polar surface area (TPSA) is 27.6 Å². The summed E-state index contributed by atoms with van der Waals surface area (Å²) in [6.07, 6.45) is 2.15. The maximum absolute atomic E-state index is 6.10. The molecular formula is C7H12ClN3. The number of fused-ring (bicyclic) bond motifs is 1. The lowest BCUT2D eigenvalue weighted by molar-refractivity contribution is 0.315. The zero-order valence-electron chi connectivity index (χ0n) is 6.39. The van der Waals surface area contributed by atoms with Gasteiger partial charge < -0.3 is 10.2 Å². The Balaban J connectivity index is 2.13. The van der Waals surface area contributed by atoms with Gasteiger partial charge in [0, 0.05) is 19.6 Å². The zero-order chi connectivity index (χ0) is 7.68. The molecule has 0 aromatic rings. The summed E-state index contributed by atoms with van der Waals surface area (Å²) in [7, 11) is 0. The van der Waals surface area contributed by atoms with E-state index in [1.54, 1.807) is 0 Å².